The lowest BCUT2D eigenvalue weighted by Crippen LogP contribution is -2.01. The van der Waals surface area contributed by atoms with Crippen LogP contribution in [0.4, 0.5) is 11.4 Å². The molecule has 0 bridgehead atoms. The number of hydrogen-bond donors (Lipinski definition) is 0. The highest BCUT2D eigenvalue weighted by Gasteiger charge is 2.23. The minimum Gasteiger partial charge on any atom is -0.261 e. The van der Waals surface area contributed by atoms with E-state index in [4.69, 9.17) is 9.98 Å². The van der Waals surface area contributed by atoms with Crippen LogP contribution in [0, 0.1) is 6.92 Å². The number of aliphatic imine (C=N–C) groups is 2. The number of rotatable bonds is 12. The first-order valence-corrected chi connectivity index (χ1v) is 18.8. The van der Waals surface area contributed by atoms with Crippen LogP contribution in [0.1, 0.15) is 118 Å². The molecule has 0 amide bonds. The molecule has 5 heteroatoms. The number of nitrogens with zero attached hydrogens (tertiary/aromatic N) is 4. The van der Waals surface area contributed by atoms with Gasteiger partial charge in [-0.25, -0.2) is 0 Å². The van der Waals surface area contributed by atoms with Crippen molar-refractivity contribution in [3.8, 4) is 22.3 Å². The van der Waals surface area contributed by atoms with Crippen molar-refractivity contribution >= 4 is 39.7 Å². The van der Waals surface area contributed by atoms with Gasteiger partial charge in [-0.3, -0.25) is 20.0 Å². The average Bonchev–Trinajstić information content (AvgIpc) is 3.09. The summed E-state index contributed by atoms with van der Waals surface area (Å²) in [4.78, 5) is 19.2. The summed E-state index contributed by atoms with van der Waals surface area (Å²) < 4.78 is 1.09. The zero-order chi connectivity index (χ0) is 35.9. The van der Waals surface area contributed by atoms with Crippen molar-refractivity contribution in [3.63, 3.8) is 0 Å². The van der Waals surface area contributed by atoms with Crippen LogP contribution in [-0.4, -0.2) is 22.4 Å². The van der Waals surface area contributed by atoms with Gasteiger partial charge in [0.1, 0.15) is 0 Å². The summed E-state index contributed by atoms with van der Waals surface area (Å²) in [5.41, 5.74) is 15.4. The summed E-state index contributed by atoms with van der Waals surface area (Å²) >= 11 is 4.02. The quantitative estimate of drug-likeness (QED) is 0.120. The molecule has 0 atom stereocenters. The molecule has 0 radical (unpaired) electrons. The van der Waals surface area contributed by atoms with Gasteiger partial charge in [0.05, 0.1) is 11.4 Å². The second-order valence-corrected chi connectivity index (χ2v) is 15.3. The van der Waals surface area contributed by atoms with E-state index in [1.54, 1.807) is 0 Å². The summed E-state index contributed by atoms with van der Waals surface area (Å²) in [6.45, 7) is 20.4. The van der Waals surface area contributed by atoms with Crippen LogP contribution in [-0.2, 0) is 12.8 Å². The average molecular weight is 728 g/mol. The van der Waals surface area contributed by atoms with Crippen LogP contribution >= 0.6 is 15.9 Å². The minimum absolute atomic E-state index is 0.296. The fraction of sp³-hybridized carbons (Fsp3) is 0.333. The Labute approximate surface area is 308 Å². The van der Waals surface area contributed by atoms with Gasteiger partial charge in [-0.05, 0) is 130 Å². The van der Waals surface area contributed by atoms with E-state index in [-0.39, 0.29) is 0 Å². The highest BCUT2D eigenvalue weighted by molar-refractivity contribution is 9.10. The Morgan fingerprint density at radius 2 is 0.960 bits per heavy atom. The zero-order valence-corrected chi connectivity index (χ0v) is 32.7. The molecular weight excluding hydrogens is 676 g/mol. The Balaban J connectivity index is 1.68. The van der Waals surface area contributed by atoms with Crippen molar-refractivity contribution < 1.29 is 0 Å². The molecule has 0 saturated heterocycles. The summed E-state index contributed by atoms with van der Waals surface area (Å²) in [5.74, 6) is 1.19. The van der Waals surface area contributed by atoms with E-state index in [0.29, 0.717) is 36.5 Å². The number of aryl methyl sites for hydroxylation is 1. The number of benzene rings is 3. The Kier molecular flexibility index (Phi) is 12.3. The predicted octanol–water partition coefficient (Wildman–Crippen LogP) is 13.3. The molecule has 0 unspecified atom stereocenters. The zero-order valence-electron chi connectivity index (χ0n) is 31.1. The Hall–Kier alpha value is -4.22. The molecule has 5 rings (SSSR count). The number of pyridine rings is 2. The summed E-state index contributed by atoms with van der Waals surface area (Å²) in [5, 5.41) is 0. The summed E-state index contributed by atoms with van der Waals surface area (Å²) in [6, 6.07) is 26.0. The molecule has 3 aromatic carbocycles. The highest BCUT2D eigenvalue weighted by Crippen LogP contribution is 2.47. The van der Waals surface area contributed by atoms with E-state index in [0.717, 1.165) is 27.2 Å². The third-order valence-corrected chi connectivity index (χ3v) is 9.92. The number of hydrogen-bond acceptors (Lipinski definition) is 4. The standard InChI is InChI=1S/C45H51BrN4/c1-28(2)37-24-33(25-38(29(3)4)44(37)49-22-18-35-14-10-12-20-47-35)42-32(9)16-17-41(46)43(42)34-26-39(30(5)6)45(40(27-34)31(7)8)50-23-19-36-15-11-13-21-48-36/h10-17,20-31H,18-19H2,1-9H3. The van der Waals surface area contributed by atoms with E-state index in [2.05, 4.69) is 137 Å². The van der Waals surface area contributed by atoms with Crippen molar-refractivity contribution in [1.29, 1.82) is 0 Å². The van der Waals surface area contributed by atoms with E-state index >= 15 is 0 Å². The van der Waals surface area contributed by atoms with Gasteiger partial charge in [0.15, 0.2) is 0 Å². The van der Waals surface area contributed by atoms with Crippen LogP contribution in [0.5, 0.6) is 0 Å². The lowest BCUT2D eigenvalue weighted by molar-refractivity contribution is 0.834. The maximum atomic E-state index is 5.12. The minimum atomic E-state index is 0.296. The van der Waals surface area contributed by atoms with E-state index in [9.17, 15) is 0 Å². The first-order valence-electron chi connectivity index (χ1n) is 18.0. The summed E-state index contributed by atoms with van der Waals surface area (Å²) in [6.07, 6.45) is 9.12. The lowest BCUT2D eigenvalue weighted by atomic mass is 9.83. The van der Waals surface area contributed by atoms with Crippen molar-refractivity contribution in [2.24, 2.45) is 9.98 Å². The summed E-state index contributed by atoms with van der Waals surface area (Å²) in [7, 11) is 0. The van der Waals surface area contributed by atoms with Gasteiger partial charge in [0.2, 0.25) is 0 Å². The third kappa shape index (κ3) is 8.55. The molecule has 2 aromatic heterocycles. The molecule has 4 nitrogen and oxygen atoms in total. The Bertz CT molecular complexity index is 1770. The predicted molar refractivity (Wildman–Crippen MR) is 218 cm³/mol. The lowest BCUT2D eigenvalue weighted by Gasteiger charge is -2.24. The van der Waals surface area contributed by atoms with Gasteiger partial charge in [-0.15, -0.1) is 0 Å². The first-order chi connectivity index (χ1) is 24.0. The molecule has 2 heterocycles. The second kappa shape index (κ2) is 16.7. The topological polar surface area (TPSA) is 50.5 Å². The molecule has 50 heavy (non-hydrogen) atoms. The van der Waals surface area contributed by atoms with Crippen molar-refractivity contribution in [2.45, 2.75) is 98.8 Å². The highest BCUT2D eigenvalue weighted by atomic mass is 79.9. The molecule has 0 fully saturated rings. The third-order valence-electron chi connectivity index (χ3n) is 9.26. The molecular formula is C45H51BrN4. The smallest absolute Gasteiger partial charge is 0.0695 e. The normalized spacial score (nSPS) is 12.1. The van der Waals surface area contributed by atoms with Gasteiger partial charge in [-0.1, -0.05) is 89.5 Å². The van der Waals surface area contributed by atoms with E-state index in [1.807, 2.05) is 49.1 Å². The largest absolute Gasteiger partial charge is 0.261 e. The maximum absolute atomic E-state index is 5.12. The monoisotopic (exact) mass is 726 g/mol. The molecule has 258 valence electrons. The van der Waals surface area contributed by atoms with Gasteiger partial charge in [0.25, 0.3) is 0 Å². The Morgan fingerprint density at radius 3 is 1.32 bits per heavy atom. The molecule has 0 spiro atoms. The van der Waals surface area contributed by atoms with Gasteiger partial charge in [0, 0.05) is 59.1 Å². The fourth-order valence-corrected chi connectivity index (χ4v) is 7.10. The second-order valence-electron chi connectivity index (χ2n) is 14.4. The molecule has 0 saturated carbocycles. The van der Waals surface area contributed by atoms with Crippen molar-refractivity contribution in [2.75, 3.05) is 0 Å². The SMILES string of the molecule is Cc1ccc(Br)c(-c2cc(C(C)C)c(N=CCc3ccccn3)c(C(C)C)c2)c1-c1cc(C(C)C)c(N=CCc2ccccn2)c(C(C)C)c1. The number of aromatic nitrogens is 2. The van der Waals surface area contributed by atoms with Gasteiger partial charge in [-0.2, -0.15) is 0 Å². The fourth-order valence-electron chi connectivity index (χ4n) is 6.54. The molecule has 0 aliphatic heterocycles. The van der Waals surface area contributed by atoms with Crippen molar-refractivity contribution in [3.05, 3.63) is 129 Å². The van der Waals surface area contributed by atoms with Crippen LogP contribution < -0.4 is 0 Å². The van der Waals surface area contributed by atoms with Crippen LogP contribution in [0.3, 0.4) is 0 Å². The van der Waals surface area contributed by atoms with E-state index < -0.39 is 0 Å². The molecule has 5 aromatic rings. The molecule has 0 aliphatic carbocycles. The van der Waals surface area contributed by atoms with Crippen LogP contribution in [0.2, 0.25) is 0 Å². The Morgan fingerprint density at radius 1 is 0.560 bits per heavy atom. The van der Waals surface area contributed by atoms with Crippen LogP contribution in [0.25, 0.3) is 22.3 Å². The first kappa shape index (κ1) is 37.0. The number of halogens is 1. The van der Waals surface area contributed by atoms with Crippen molar-refractivity contribution in [1.82, 2.24) is 9.97 Å². The molecule has 0 aliphatic rings. The van der Waals surface area contributed by atoms with Crippen LogP contribution in [0.15, 0.2) is 99.6 Å². The van der Waals surface area contributed by atoms with Gasteiger partial charge >= 0.3 is 0 Å². The van der Waals surface area contributed by atoms with Gasteiger partial charge < -0.3 is 0 Å². The maximum Gasteiger partial charge on any atom is 0.0695 e. The van der Waals surface area contributed by atoms with E-state index in [1.165, 1.54) is 50.1 Å². The molecule has 0 N–H and O–H groups in total.